The molecule has 0 radical (unpaired) electrons. The van der Waals surface area contributed by atoms with Crippen molar-refractivity contribution in [3.63, 3.8) is 0 Å². The minimum Gasteiger partial charge on any atom is -0.335 e. The Morgan fingerprint density at radius 2 is 1.88 bits per heavy atom. The van der Waals surface area contributed by atoms with E-state index >= 15 is 0 Å². The van der Waals surface area contributed by atoms with Crippen molar-refractivity contribution in [2.75, 3.05) is 26.2 Å². The number of nitrogens with zero attached hydrogens (tertiary/aromatic N) is 6. The van der Waals surface area contributed by atoms with Crippen LogP contribution >= 0.6 is 0 Å². The molecule has 0 unspecified atom stereocenters. The van der Waals surface area contributed by atoms with Gasteiger partial charge in [-0.3, -0.25) is 9.69 Å². The fourth-order valence-electron chi connectivity index (χ4n) is 3.80. The van der Waals surface area contributed by atoms with Crippen molar-refractivity contribution in [1.82, 2.24) is 29.5 Å². The predicted octanol–water partition coefficient (Wildman–Crippen LogP) is 1.67. The van der Waals surface area contributed by atoms with E-state index in [2.05, 4.69) is 24.6 Å². The van der Waals surface area contributed by atoms with Gasteiger partial charge in [-0.25, -0.2) is 4.98 Å². The molecule has 4 heterocycles. The van der Waals surface area contributed by atoms with Gasteiger partial charge in [-0.2, -0.15) is 0 Å². The smallest absolute Gasteiger partial charge is 0.272 e. The largest absolute Gasteiger partial charge is 0.335 e. The Bertz CT molecular complexity index is 778. The lowest BCUT2D eigenvalue weighted by atomic mass is 10.2. The van der Waals surface area contributed by atoms with Crippen LogP contribution < -0.4 is 0 Å². The van der Waals surface area contributed by atoms with E-state index < -0.39 is 0 Å². The molecule has 4 rings (SSSR count). The summed E-state index contributed by atoms with van der Waals surface area (Å²) in [7, 11) is 0. The Morgan fingerprint density at radius 3 is 2.69 bits per heavy atom. The lowest BCUT2D eigenvalue weighted by Crippen LogP contribution is -2.48. The zero-order valence-corrected chi connectivity index (χ0v) is 15.4. The molecule has 7 heteroatoms. The van der Waals surface area contributed by atoms with Crippen molar-refractivity contribution in [1.29, 1.82) is 0 Å². The molecule has 1 amide bonds. The summed E-state index contributed by atoms with van der Waals surface area (Å²) < 4.78 is 2.31. The van der Waals surface area contributed by atoms with Crippen LogP contribution in [0.5, 0.6) is 0 Å². The summed E-state index contributed by atoms with van der Waals surface area (Å²) in [6, 6.07) is 5.60. The fraction of sp³-hybridized carbons (Fsp3) is 0.579. The number of amides is 1. The van der Waals surface area contributed by atoms with Crippen LogP contribution in [0.25, 0.3) is 0 Å². The molecule has 0 spiro atoms. The van der Waals surface area contributed by atoms with Gasteiger partial charge >= 0.3 is 0 Å². The van der Waals surface area contributed by atoms with Crippen LogP contribution in [0.2, 0.25) is 0 Å². The van der Waals surface area contributed by atoms with Gasteiger partial charge < -0.3 is 9.47 Å². The summed E-state index contributed by atoms with van der Waals surface area (Å²) in [6.45, 7) is 6.95. The molecule has 1 fully saturated rings. The average molecular weight is 354 g/mol. The number of hydrogen-bond donors (Lipinski definition) is 0. The standard InChI is InChI=1S/C19H26N6O/c1-15-6-5-7-16(20-15)19(26)24-12-10-23(11-13-24)14-18-22-21-17-8-3-2-4-9-25(17)18/h5-7H,2-4,8-14H2,1H3. The molecular formula is C19H26N6O. The first-order valence-corrected chi connectivity index (χ1v) is 9.57. The molecular weight excluding hydrogens is 328 g/mol. The van der Waals surface area contributed by atoms with Crippen LogP contribution in [-0.2, 0) is 19.5 Å². The molecule has 1 saturated heterocycles. The van der Waals surface area contributed by atoms with Gasteiger partial charge in [-0.1, -0.05) is 12.5 Å². The first kappa shape index (κ1) is 17.1. The molecule has 138 valence electrons. The Balaban J connectivity index is 1.35. The molecule has 0 aliphatic carbocycles. The number of carbonyl (C=O) groups excluding carboxylic acids is 1. The number of carbonyl (C=O) groups is 1. The molecule has 0 saturated carbocycles. The van der Waals surface area contributed by atoms with Crippen LogP contribution in [0.3, 0.4) is 0 Å². The fourth-order valence-corrected chi connectivity index (χ4v) is 3.80. The van der Waals surface area contributed by atoms with E-state index in [-0.39, 0.29) is 5.91 Å². The highest BCUT2D eigenvalue weighted by atomic mass is 16.2. The quantitative estimate of drug-likeness (QED) is 0.839. The summed E-state index contributed by atoms with van der Waals surface area (Å²) in [5, 5.41) is 8.81. The van der Waals surface area contributed by atoms with E-state index in [1.165, 1.54) is 19.3 Å². The van der Waals surface area contributed by atoms with E-state index in [4.69, 9.17) is 0 Å². The number of aromatic nitrogens is 4. The zero-order valence-electron chi connectivity index (χ0n) is 15.4. The normalized spacial score (nSPS) is 18.4. The molecule has 0 atom stereocenters. The van der Waals surface area contributed by atoms with E-state index in [1.54, 1.807) is 6.07 Å². The Kier molecular flexibility index (Phi) is 4.97. The van der Waals surface area contributed by atoms with Crippen LogP contribution in [-0.4, -0.2) is 61.6 Å². The van der Waals surface area contributed by atoms with E-state index in [0.717, 1.165) is 63.0 Å². The highest BCUT2D eigenvalue weighted by Crippen LogP contribution is 2.16. The summed E-state index contributed by atoms with van der Waals surface area (Å²) in [6.07, 6.45) is 4.74. The van der Waals surface area contributed by atoms with Crippen LogP contribution in [0.15, 0.2) is 18.2 Å². The average Bonchev–Trinajstić information content (AvgIpc) is 2.88. The zero-order chi connectivity index (χ0) is 17.9. The topological polar surface area (TPSA) is 67.2 Å². The minimum atomic E-state index is 0.0321. The van der Waals surface area contributed by atoms with Gasteiger partial charge in [0, 0.05) is 44.8 Å². The summed E-state index contributed by atoms with van der Waals surface area (Å²) >= 11 is 0. The maximum absolute atomic E-state index is 12.6. The first-order chi connectivity index (χ1) is 12.7. The molecule has 2 aromatic heterocycles. The second kappa shape index (κ2) is 7.53. The van der Waals surface area contributed by atoms with Crippen molar-refractivity contribution in [3.05, 3.63) is 41.2 Å². The second-order valence-corrected chi connectivity index (χ2v) is 7.23. The van der Waals surface area contributed by atoms with Gasteiger partial charge in [0.25, 0.3) is 5.91 Å². The molecule has 0 bridgehead atoms. The van der Waals surface area contributed by atoms with Crippen molar-refractivity contribution < 1.29 is 4.79 Å². The molecule has 7 nitrogen and oxygen atoms in total. The number of fused-ring (bicyclic) bond motifs is 1. The van der Waals surface area contributed by atoms with E-state index in [0.29, 0.717) is 5.69 Å². The molecule has 0 N–H and O–H groups in total. The molecule has 0 aromatic carbocycles. The third kappa shape index (κ3) is 3.62. The number of rotatable bonds is 3. The van der Waals surface area contributed by atoms with Gasteiger partial charge in [0.15, 0.2) is 0 Å². The molecule has 2 aromatic rings. The van der Waals surface area contributed by atoms with Gasteiger partial charge in [0.2, 0.25) is 0 Å². The Hall–Kier alpha value is -2.28. The summed E-state index contributed by atoms with van der Waals surface area (Å²) in [5.41, 5.74) is 1.42. The second-order valence-electron chi connectivity index (χ2n) is 7.23. The first-order valence-electron chi connectivity index (χ1n) is 9.57. The monoisotopic (exact) mass is 354 g/mol. The van der Waals surface area contributed by atoms with Crippen LogP contribution in [0.1, 0.15) is 47.1 Å². The van der Waals surface area contributed by atoms with Crippen molar-refractivity contribution in [2.24, 2.45) is 0 Å². The summed E-state index contributed by atoms with van der Waals surface area (Å²) in [5.74, 6) is 2.24. The minimum absolute atomic E-state index is 0.0321. The number of piperazine rings is 1. The lowest BCUT2D eigenvalue weighted by Gasteiger charge is -2.34. The third-order valence-electron chi connectivity index (χ3n) is 5.32. The SMILES string of the molecule is Cc1cccc(C(=O)N2CCN(Cc3nnc4n3CCCCC4)CC2)n1. The van der Waals surface area contributed by atoms with Crippen molar-refractivity contribution in [3.8, 4) is 0 Å². The van der Waals surface area contributed by atoms with E-state index in [9.17, 15) is 4.79 Å². The lowest BCUT2D eigenvalue weighted by molar-refractivity contribution is 0.0618. The van der Waals surface area contributed by atoms with Crippen molar-refractivity contribution >= 4 is 5.91 Å². The van der Waals surface area contributed by atoms with Gasteiger partial charge in [-0.05, 0) is 31.9 Å². The number of aryl methyl sites for hydroxylation is 2. The van der Waals surface area contributed by atoms with Crippen LogP contribution in [0, 0.1) is 6.92 Å². The Labute approximate surface area is 154 Å². The van der Waals surface area contributed by atoms with E-state index in [1.807, 2.05) is 24.0 Å². The highest BCUT2D eigenvalue weighted by molar-refractivity contribution is 5.92. The van der Waals surface area contributed by atoms with Gasteiger partial charge in [-0.15, -0.1) is 10.2 Å². The van der Waals surface area contributed by atoms with Gasteiger partial charge in [0.1, 0.15) is 17.3 Å². The molecule has 2 aliphatic rings. The maximum Gasteiger partial charge on any atom is 0.272 e. The van der Waals surface area contributed by atoms with Gasteiger partial charge in [0.05, 0.1) is 6.54 Å². The van der Waals surface area contributed by atoms with Crippen LogP contribution in [0.4, 0.5) is 0 Å². The third-order valence-corrected chi connectivity index (χ3v) is 5.32. The number of hydrogen-bond acceptors (Lipinski definition) is 5. The maximum atomic E-state index is 12.6. The molecule has 2 aliphatic heterocycles. The molecule has 26 heavy (non-hydrogen) atoms. The predicted molar refractivity (Wildman–Crippen MR) is 97.7 cm³/mol. The highest BCUT2D eigenvalue weighted by Gasteiger charge is 2.24. The summed E-state index contributed by atoms with van der Waals surface area (Å²) in [4.78, 5) is 21.3. The Morgan fingerprint density at radius 1 is 1.04 bits per heavy atom. The number of pyridine rings is 1. The van der Waals surface area contributed by atoms with Crippen molar-refractivity contribution in [2.45, 2.75) is 45.7 Å².